The number of rotatable bonds is 2. The molecule has 1 aromatic rings. The van der Waals surface area contributed by atoms with Crippen molar-refractivity contribution in [2.45, 2.75) is 6.42 Å². The molecule has 0 atom stereocenters. The Balaban J connectivity index is 2.94. The van der Waals surface area contributed by atoms with E-state index in [1.165, 1.54) is 0 Å². The molecule has 0 amide bonds. The minimum Gasteiger partial charge on any atom is -0.481 e. The normalized spacial score (nSPS) is 9.33. The molecule has 0 unspecified atom stereocenters. The molecule has 1 heterocycles. The second-order valence-electron chi connectivity index (χ2n) is 1.95. The van der Waals surface area contributed by atoms with Crippen molar-refractivity contribution in [1.29, 1.82) is 0 Å². The van der Waals surface area contributed by atoms with Gasteiger partial charge in [-0.2, -0.15) is 0 Å². The first-order valence-electron chi connectivity index (χ1n) is 2.97. The van der Waals surface area contributed by atoms with E-state index in [1.54, 1.807) is 0 Å². The van der Waals surface area contributed by atoms with Gasteiger partial charge in [-0.15, -0.1) is 6.42 Å². The van der Waals surface area contributed by atoms with Crippen molar-refractivity contribution in [2.24, 2.45) is 0 Å². The minimum absolute atomic E-state index is 0.184. The standard InChI is InChI=1S/C7H4ClNO2S/c1-2-5-9-4(3-6(10)11)7(8)12-5/h1H,3H2,(H,10,11). The van der Waals surface area contributed by atoms with Crippen LogP contribution in [0.15, 0.2) is 0 Å². The highest BCUT2D eigenvalue weighted by Crippen LogP contribution is 2.23. The molecule has 62 valence electrons. The van der Waals surface area contributed by atoms with Crippen LogP contribution in [0, 0.1) is 12.3 Å². The van der Waals surface area contributed by atoms with Crippen LogP contribution in [0.2, 0.25) is 4.34 Å². The molecule has 0 aromatic carbocycles. The number of aromatic nitrogens is 1. The van der Waals surface area contributed by atoms with Gasteiger partial charge in [0.25, 0.3) is 0 Å². The number of carbonyl (C=O) groups is 1. The van der Waals surface area contributed by atoms with Gasteiger partial charge in [-0.25, -0.2) is 4.98 Å². The number of thiazole rings is 1. The summed E-state index contributed by atoms with van der Waals surface area (Å²) in [6.45, 7) is 0. The van der Waals surface area contributed by atoms with Crippen molar-refractivity contribution in [2.75, 3.05) is 0 Å². The van der Waals surface area contributed by atoms with E-state index in [0.717, 1.165) is 11.3 Å². The summed E-state index contributed by atoms with van der Waals surface area (Å²) in [4.78, 5) is 14.1. The Morgan fingerprint density at radius 1 is 1.83 bits per heavy atom. The van der Waals surface area contributed by atoms with Crippen molar-refractivity contribution >= 4 is 28.9 Å². The molecule has 1 N–H and O–H groups in total. The lowest BCUT2D eigenvalue weighted by molar-refractivity contribution is -0.136. The van der Waals surface area contributed by atoms with Crippen LogP contribution in [-0.4, -0.2) is 16.1 Å². The van der Waals surface area contributed by atoms with E-state index in [2.05, 4.69) is 10.9 Å². The Morgan fingerprint density at radius 3 is 2.92 bits per heavy atom. The van der Waals surface area contributed by atoms with Gasteiger partial charge in [0.2, 0.25) is 0 Å². The van der Waals surface area contributed by atoms with Crippen LogP contribution in [0.25, 0.3) is 0 Å². The zero-order valence-corrected chi connectivity index (χ0v) is 7.45. The first kappa shape index (κ1) is 9.04. The van der Waals surface area contributed by atoms with Crippen LogP contribution in [-0.2, 0) is 11.2 Å². The molecule has 12 heavy (non-hydrogen) atoms. The Bertz CT molecular complexity index is 353. The summed E-state index contributed by atoms with van der Waals surface area (Å²) in [6, 6.07) is 0. The molecule has 0 aliphatic heterocycles. The van der Waals surface area contributed by atoms with Crippen LogP contribution in [0.5, 0.6) is 0 Å². The van der Waals surface area contributed by atoms with Gasteiger partial charge in [-0.05, 0) is 5.92 Å². The third kappa shape index (κ3) is 1.97. The first-order chi connectivity index (χ1) is 5.63. The maximum atomic E-state index is 10.3. The van der Waals surface area contributed by atoms with Crippen LogP contribution >= 0.6 is 22.9 Å². The molecule has 0 radical (unpaired) electrons. The number of carboxylic acid groups (broad SMARTS) is 1. The number of hydrogen-bond donors (Lipinski definition) is 1. The average molecular weight is 202 g/mol. The van der Waals surface area contributed by atoms with Gasteiger partial charge < -0.3 is 5.11 Å². The Kier molecular flexibility index (Phi) is 2.69. The van der Waals surface area contributed by atoms with E-state index in [-0.39, 0.29) is 6.42 Å². The monoisotopic (exact) mass is 201 g/mol. The predicted molar refractivity (Wildman–Crippen MR) is 46.4 cm³/mol. The first-order valence-corrected chi connectivity index (χ1v) is 4.16. The SMILES string of the molecule is C#Cc1nc(CC(=O)O)c(Cl)s1. The van der Waals surface area contributed by atoms with E-state index in [9.17, 15) is 4.79 Å². The topological polar surface area (TPSA) is 50.2 Å². The molecular weight excluding hydrogens is 198 g/mol. The lowest BCUT2D eigenvalue weighted by Gasteiger charge is -1.88. The molecule has 1 rings (SSSR count). The third-order valence-corrected chi connectivity index (χ3v) is 2.36. The fraction of sp³-hybridized carbons (Fsp3) is 0.143. The van der Waals surface area contributed by atoms with Crippen LogP contribution in [0.1, 0.15) is 10.7 Å². The minimum atomic E-state index is -0.967. The van der Waals surface area contributed by atoms with E-state index in [0.29, 0.717) is 15.0 Å². The second-order valence-corrected chi connectivity index (χ2v) is 3.56. The van der Waals surface area contributed by atoms with E-state index in [1.807, 2.05) is 0 Å². The zero-order valence-electron chi connectivity index (χ0n) is 5.87. The number of halogens is 1. The Hall–Kier alpha value is -1.05. The van der Waals surface area contributed by atoms with Crippen molar-refractivity contribution in [3.8, 4) is 12.3 Å². The summed E-state index contributed by atoms with van der Waals surface area (Å²) < 4.78 is 0.352. The molecule has 0 saturated carbocycles. The van der Waals surface area contributed by atoms with Crippen molar-refractivity contribution < 1.29 is 9.90 Å². The molecule has 5 heteroatoms. The van der Waals surface area contributed by atoms with Crippen LogP contribution in [0.4, 0.5) is 0 Å². The molecule has 0 bridgehead atoms. The molecule has 0 saturated heterocycles. The fourth-order valence-electron chi connectivity index (χ4n) is 0.647. The number of aliphatic carboxylic acids is 1. The van der Waals surface area contributed by atoms with Gasteiger partial charge >= 0.3 is 5.97 Å². The second kappa shape index (κ2) is 3.57. The predicted octanol–water partition coefficient (Wildman–Crippen LogP) is 1.40. The van der Waals surface area contributed by atoms with E-state index >= 15 is 0 Å². The maximum absolute atomic E-state index is 10.3. The number of carboxylic acids is 1. The number of nitrogens with zero attached hydrogens (tertiary/aromatic N) is 1. The summed E-state index contributed by atoms with van der Waals surface area (Å²) in [5, 5.41) is 8.84. The lowest BCUT2D eigenvalue weighted by Crippen LogP contribution is -2.00. The highest BCUT2D eigenvalue weighted by molar-refractivity contribution is 7.16. The maximum Gasteiger partial charge on any atom is 0.309 e. The summed E-state index contributed by atoms with van der Waals surface area (Å²) in [7, 11) is 0. The quantitative estimate of drug-likeness (QED) is 0.736. The molecule has 0 fully saturated rings. The van der Waals surface area contributed by atoms with E-state index < -0.39 is 5.97 Å². The molecule has 0 aliphatic carbocycles. The zero-order chi connectivity index (χ0) is 9.14. The number of hydrogen-bond acceptors (Lipinski definition) is 3. The van der Waals surface area contributed by atoms with Gasteiger partial charge in [0.15, 0.2) is 5.01 Å². The Labute approximate surface area is 78.0 Å². The molecular formula is C7H4ClNO2S. The summed E-state index contributed by atoms with van der Waals surface area (Å²) >= 11 is 6.78. The summed E-state index contributed by atoms with van der Waals surface area (Å²) in [5.41, 5.74) is 0.335. The molecule has 0 spiro atoms. The summed E-state index contributed by atoms with van der Waals surface area (Å²) in [5.74, 6) is 1.32. The number of terminal acetylenes is 1. The van der Waals surface area contributed by atoms with Gasteiger partial charge in [-0.3, -0.25) is 4.79 Å². The van der Waals surface area contributed by atoms with Crippen LogP contribution in [0.3, 0.4) is 0 Å². The van der Waals surface area contributed by atoms with Gasteiger partial charge in [0, 0.05) is 0 Å². The van der Waals surface area contributed by atoms with Gasteiger partial charge in [0.1, 0.15) is 4.34 Å². The third-order valence-electron chi connectivity index (χ3n) is 1.09. The largest absolute Gasteiger partial charge is 0.481 e. The highest BCUT2D eigenvalue weighted by atomic mass is 35.5. The lowest BCUT2D eigenvalue weighted by atomic mass is 10.3. The van der Waals surface area contributed by atoms with Crippen molar-refractivity contribution in [1.82, 2.24) is 4.98 Å². The van der Waals surface area contributed by atoms with Gasteiger partial charge in [0.05, 0.1) is 12.1 Å². The van der Waals surface area contributed by atoms with Crippen molar-refractivity contribution in [3.05, 3.63) is 15.0 Å². The smallest absolute Gasteiger partial charge is 0.309 e. The highest BCUT2D eigenvalue weighted by Gasteiger charge is 2.10. The Morgan fingerprint density at radius 2 is 2.50 bits per heavy atom. The molecule has 3 nitrogen and oxygen atoms in total. The van der Waals surface area contributed by atoms with Crippen LogP contribution < -0.4 is 0 Å². The molecule has 1 aromatic heterocycles. The van der Waals surface area contributed by atoms with Gasteiger partial charge in [-0.1, -0.05) is 22.9 Å². The van der Waals surface area contributed by atoms with Crippen molar-refractivity contribution in [3.63, 3.8) is 0 Å². The average Bonchev–Trinajstić information content (AvgIpc) is 2.31. The fourth-order valence-corrected chi connectivity index (χ4v) is 1.60. The molecule has 0 aliphatic rings. The van der Waals surface area contributed by atoms with E-state index in [4.69, 9.17) is 23.1 Å². The summed E-state index contributed by atoms with van der Waals surface area (Å²) in [6.07, 6.45) is 4.87.